The summed E-state index contributed by atoms with van der Waals surface area (Å²) in [6.45, 7) is 7.67. The third kappa shape index (κ3) is 10.7. The van der Waals surface area contributed by atoms with Gasteiger partial charge in [-0.2, -0.15) is 0 Å². The van der Waals surface area contributed by atoms with Gasteiger partial charge in [-0.15, -0.1) is 6.58 Å². The van der Waals surface area contributed by atoms with Gasteiger partial charge in [0.2, 0.25) is 0 Å². The lowest BCUT2D eigenvalue weighted by molar-refractivity contribution is 0.287. The Morgan fingerprint density at radius 3 is 1.89 bits per heavy atom. The SMILES string of the molecule is C=CCc1ccccc1OCc1nc2ccccc2n1CCCCCCCCCCCCCCCCCC. The molecule has 3 heteroatoms. The Morgan fingerprint density at radius 2 is 1.26 bits per heavy atom. The maximum atomic E-state index is 6.25. The molecule has 0 fully saturated rings. The van der Waals surface area contributed by atoms with E-state index in [1.165, 1.54) is 114 Å². The fraction of sp³-hybridized carbons (Fsp3) is 0.571. The summed E-state index contributed by atoms with van der Waals surface area (Å²) in [5, 5.41) is 0. The van der Waals surface area contributed by atoms with Gasteiger partial charge in [-0.05, 0) is 36.6 Å². The van der Waals surface area contributed by atoms with Crippen LogP contribution in [0.3, 0.4) is 0 Å². The third-order valence-electron chi connectivity index (χ3n) is 7.66. The van der Waals surface area contributed by atoms with E-state index in [1.54, 1.807) is 0 Å². The molecule has 0 radical (unpaired) electrons. The lowest BCUT2D eigenvalue weighted by Crippen LogP contribution is -2.08. The minimum atomic E-state index is 0.488. The van der Waals surface area contributed by atoms with Gasteiger partial charge in [0.1, 0.15) is 18.2 Å². The highest BCUT2D eigenvalue weighted by Crippen LogP contribution is 2.23. The number of rotatable bonds is 22. The van der Waals surface area contributed by atoms with Crippen molar-refractivity contribution in [3.63, 3.8) is 0 Å². The van der Waals surface area contributed by atoms with E-state index in [-0.39, 0.29) is 0 Å². The van der Waals surface area contributed by atoms with Gasteiger partial charge < -0.3 is 9.30 Å². The lowest BCUT2D eigenvalue weighted by atomic mass is 10.0. The van der Waals surface area contributed by atoms with Crippen molar-refractivity contribution in [3.8, 4) is 5.75 Å². The average molecular weight is 517 g/mol. The second-order valence-corrected chi connectivity index (χ2v) is 10.9. The van der Waals surface area contributed by atoms with E-state index < -0.39 is 0 Å². The van der Waals surface area contributed by atoms with Gasteiger partial charge in [-0.1, -0.05) is 140 Å². The van der Waals surface area contributed by atoms with E-state index in [2.05, 4.69) is 54.5 Å². The van der Waals surface area contributed by atoms with E-state index >= 15 is 0 Å². The second-order valence-electron chi connectivity index (χ2n) is 10.9. The Hall–Kier alpha value is -2.55. The number of nitrogens with zero attached hydrogens (tertiary/aromatic N) is 2. The van der Waals surface area contributed by atoms with Crippen molar-refractivity contribution in [2.24, 2.45) is 0 Å². The number of imidazole rings is 1. The van der Waals surface area contributed by atoms with Crippen LogP contribution in [0.25, 0.3) is 11.0 Å². The molecular weight excluding hydrogens is 464 g/mol. The summed E-state index contributed by atoms with van der Waals surface area (Å²) in [6.07, 6.45) is 25.1. The number of hydrogen-bond acceptors (Lipinski definition) is 2. The Balaban J connectivity index is 1.32. The number of aromatic nitrogens is 2. The minimum Gasteiger partial charge on any atom is -0.485 e. The summed E-state index contributed by atoms with van der Waals surface area (Å²) >= 11 is 0. The summed E-state index contributed by atoms with van der Waals surface area (Å²) in [6, 6.07) is 16.7. The smallest absolute Gasteiger partial charge is 0.147 e. The van der Waals surface area contributed by atoms with Gasteiger partial charge in [0, 0.05) is 6.54 Å². The summed E-state index contributed by atoms with van der Waals surface area (Å²) in [7, 11) is 0. The first kappa shape index (κ1) is 30.0. The molecule has 0 saturated heterocycles. The van der Waals surface area contributed by atoms with Gasteiger partial charge in [0.25, 0.3) is 0 Å². The predicted molar refractivity (Wildman–Crippen MR) is 164 cm³/mol. The van der Waals surface area contributed by atoms with Gasteiger partial charge in [-0.25, -0.2) is 4.98 Å². The van der Waals surface area contributed by atoms with Crippen molar-refractivity contribution in [2.45, 2.75) is 129 Å². The highest BCUT2D eigenvalue weighted by Gasteiger charge is 2.12. The van der Waals surface area contributed by atoms with Crippen LogP contribution >= 0.6 is 0 Å². The predicted octanol–water partition coefficient (Wildman–Crippen LogP) is 10.6. The first-order valence-corrected chi connectivity index (χ1v) is 15.6. The van der Waals surface area contributed by atoms with Gasteiger partial charge >= 0.3 is 0 Å². The molecule has 0 spiro atoms. The van der Waals surface area contributed by atoms with Crippen LogP contribution in [0.15, 0.2) is 61.2 Å². The second kappa shape index (κ2) is 18.7. The molecule has 3 aromatic rings. The number of benzene rings is 2. The summed E-state index contributed by atoms with van der Waals surface area (Å²) in [5.41, 5.74) is 3.44. The van der Waals surface area contributed by atoms with Crippen molar-refractivity contribution in [2.75, 3.05) is 0 Å². The third-order valence-corrected chi connectivity index (χ3v) is 7.66. The molecule has 2 aromatic carbocycles. The first-order valence-electron chi connectivity index (χ1n) is 15.6. The van der Waals surface area contributed by atoms with Crippen LogP contribution in [0, 0.1) is 0 Å². The normalized spacial score (nSPS) is 11.3. The molecular formula is C35H52N2O. The lowest BCUT2D eigenvalue weighted by Gasteiger charge is -2.12. The minimum absolute atomic E-state index is 0.488. The van der Waals surface area contributed by atoms with Crippen LogP contribution in [0.5, 0.6) is 5.75 Å². The van der Waals surface area contributed by atoms with Gasteiger partial charge in [0.15, 0.2) is 0 Å². The van der Waals surface area contributed by atoms with E-state index in [0.29, 0.717) is 6.61 Å². The zero-order valence-corrected chi connectivity index (χ0v) is 24.1. The first-order chi connectivity index (χ1) is 18.8. The van der Waals surface area contributed by atoms with E-state index in [9.17, 15) is 0 Å². The molecule has 0 bridgehead atoms. The maximum absolute atomic E-state index is 6.25. The largest absolute Gasteiger partial charge is 0.485 e. The highest BCUT2D eigenvalue weighted by atomic mass is 16.5. The molecule has 0 N–H and O–H groups in total. The summed E-state index contributed by atoms with van der Waals surface area (Å²) in [4.78, 5) is 4.91. The Labute approximate surface area is 232 Å². The molecule has 38 heavy (non-hydrogen) atoms. The highest BCUT2D eigenvalue weighted by molar-refractivity contribution is 5.75. The van der Waals surface area contributed by atoms with E-state index in [0.717, 1.165) is 30.1 Å². The number of allylic oxidation sites excluding steroid dienone is 1. The van der Waals surface area contributed by atoms with Crippen LogP contribution in [-0.4, -0.2) is 9.55 Å². The van der Waals surface area contributed by atoms with Crippen LogP contribution in [0.2, 0.25) is 0 Å². The van der Waals surface area contributed by atoms with Crippen LogP contribution < -0.4 is 4.74 Å². The van der Waals surface area contributed by atoms with Crippen LogP contribution in [0.1, 0.15) is 121 Å². The van der Waals surface area contributed by atoms with Crippen LogP contribution in [-0.2, 0) is 19.6 Å². The van der Waals surface area contributed by atoms with E-state index in [4.69, 9.17) is 9.72 Å². The molecule has 0 unspecified atom stereocenters. The van der Waals surface area contributed by atoms with E-state index in [1.807, 2.05) is 18.2 Å². The monoisotopic (exact) mass is 516 g/mol. The number of hydrogen-bond donors (Lipinski definition) is 0. The topological polar surface area (TPSA) is 27.1 Å². The molecule has 0 amide bonds. The zero-order chi connectivity index (χ0) is 26.7. The molecule has 0 aliphatic heterocycles. The number of ether oxygens (including phenoxy) is 1. The summed E-state index contributed by atoms with van der Waals surface area (Å²) in [5.74, 6) is 1.94. The molecule has 0 saturated carbocycles. The molecule has 3 rings (SSSR count). The molecule has 0 aliphatic carbocycles. The molecule has 3 nitrogen and oxygen atoms in total. The van der Waals surface area contributed by atoms with Crippen molar-refractivity contribution < 1.29 is 4.74 Å². The van der Waals surface area contributed by atoms with Crippen molar-refractivity contribution >= 4 is 11.0 Å². The number of unbranched alkanes of at least 4 members (excludes halogenated alkanes) is 15. The molecule has 1 heterocycles. The maximum Gasteiger partial charge on any atom is 0.147 e. The van der Waals surface area contributed by atoms with Crippen LogP contribution in [0.4, 0.5) is 0 Å². The van der Waals surface area contributed by atoms with Crippen molar-refractivity contribution in [1.82, 2.24) is 9.55 Å². The Kier molecular flexibility index (Phi) is 14.7. The number of aryl methyl sites for hydroxylation is 1. The summed E-state index contributed by atoms with van der Waals surface area (Å²) < 4.78 is 8.62. The molecule has 0 aliphatic rings. The quantitative estimate of drug-likeness (QED) is 0.0980. The van der Waals surface area contributed by atoms with Crippen molar-refractivity contribution in [1.29, 1.82) is 0 Å². The molecule has 1 aromatic heterocycles. The standard InChI is InChI=1S/C35H52N2O/c1-3-5-6-7-8-9-10-11-12-13-14-15-16-17-18-23-29-37-33-27-21-20-26-32(33)36-35(37)30-38-34-28-22-19-25-31(34)24-4-2/h4,19-22,25-28H,2-3,5-18,23-24,29-30H2,1H3. The number of fused-ring (bicyclic) bond motifs is 1. The average Bonchev–Trinajstić information content (AvgIpc) is 3.30. The Bertz CT molecular complexity index is 1040. The number of para-hydroxylation sites is 3. The fourth-order valence-corrected chi connectivity index (χ4v) is 5.41. The zero-order valence-electron chi connectivity index (χ0n) is 24.1. The van der Waals surface area contributed by atoms with Crippen molar-refractivity contribution in [3.05, 3.63) is 72.6 Å². The Morgan fingerprint density at radius 1 is 0.711 bits per heavy atom. The van der Waals surface area contributed by atoms with Gasteiger partial charge in [-0.3, -0.25) is 0 Å². The molecule has 0 atom stereocenters. The molecule has 208 valence electrons. The van der Waals surface area contributed by atoms with Gasteiger partial charge in [0.05, 0.1) is 11.0 Å². The fourth-order valence-electron chi connectivity index (χ4n) is 5.41.